The highest BCUT2D eigenvalue weighted by molar-refractivity contribution is 7.99. The van der Waals surface area contributed by atoms with Gasteiger partial charge in [-0.05, 0) is 49.7 Å². The normalized spacial score (nSPS) is 15.4. The number of amidine groups is 1. The van der Waals surface area contributed by atoms with Crippen molar-refractivity contribution in [3.8, 4) is 0 Å². The Hall–Kier alpha value is -3.39. The number of thioether (sulfide) groups is 1. The molecule has 1 aliphatic rings. The number of aryl methyl sites for hydroxylation is 1. The summed E-state index contributed by atoms with van der Waals surface area (Å²) in [5, 5.41) is 3.48. The van der Waals surface area contributed by atoms with Crippen molar-refractivity contribution < 1.29 is 9.18 Å². The Morgan fingerprint density at radius 2 is 1.74 bits per heavy atom. The molecule has 0 saturated carbocycles. The zero-order valence-corrected chi connectivity index (χ0v) is 17.9. The van der Waals surface area contributed by atoms with Crippen LogP contribution in [0, 0.1) is 12.7 Å². The molecule has 0 radical (unpaired) electrons. The molecule has 2 aromatic carbocycles. The number of para-hydroxylation sites is 2. The largest absolute Gasteiger partial charge is 0.313 e. The number of nitrogens with zero attached hydrogens (tertiary/aromatic N) is 4. The Labute approximate surface area is 183 Å². The molecule has 3 aromatic rings. The lowest BCUT2D eigenvalue weighted by atomic mass is 9.93. The molecule has 31 heavy (non-hydrogen) atoms. The van der Waals surface area contributed by atoms with Crippen LogP contribution < -0.4 is 5.32 Å². The Balaban J connectivity index is 1.62. The minimum atomic E-state index is -0.405. The maximum Gasteiger partial charge on any atom is 0.235 e. The van der Waals surface area contributed by atoms with Gasteiger partial charge in [-0.1, -0.05) is 36.0 Å². The fraction of sp³-hybridized carbons (Fsp3) is 0.174. The molecule has 0 spiro atoms. The van der Waals surface area contributed by atoms with Crippen LogP contribution in [0.25, 0.3) is 0 Å². The molecule has 1 aromatic heterocycles. The van der Waals surface area contributed by atoms with Gasteiger partial charge >= 0.3 is 0 Å². The van der Waals surface area contributed by atoms with Crippen LogP contribution in [0.1, 0.15) is 24.1 Å². The van der Waals surface area contributed by atoms with Crippen molar-refractivity contribution in [2.45, 2.75) is 24.9 Å². The van der Waals surface area contributed by atoms with Gasteiger partial charge in [0.2, 0.25) is 5.91 Å². The number of rotatable bonds is 4. The molecule has 1 amide bonds. The predicted octanol–water partition coefficient (Wildman–Crippen LogP) is 4.75. The highest BCUT2D eigenvalue weighted by Crippen LogP contribution is 2.34. The smallest absolute Gasteiger partial charge is 0.235 e. The lowest BCUT2D eigenvalue weighted by Gasteiger charge is -2.19. The van der Waals surface area contributed by atoms with Crippen LogP contribution in [0.5, 0.6) is 0 Å². The molecule has 0 bridgehead atoms. The number of hydrogen-bond acceptors (Lipinski definition) is 6. The Bertz CT molecular complexity index is 1180. The molecule has 1 unspecified atom stereocenters. The summed E-state index contributed by atoms with van der Waals surface area (Å²) < 4.78 is 13.5. The standard InChI is InChI=1S/C23H20FN5OS/c1-14-11-12-25-23(26-14)31-13-20(30)29-22-21(16-7-9-17(24)10-8-16)15(2)27-18-5-3-4-6-19(18)28-22/h3-12,21H,13H2,1-2H3,(H,28,29,30). The summed E-state index contributed by atoms with van der Waals surface area (Å²) in [5.41, 5.74) is 3.77. The number of aliphatic imine (C=N–C) groups is 2. The summed E-state index contributed by atoms with van der Waals surface area (Å²) in [6.45, 7) is 3.76. The van der Waals surface area contributed by atoms with Gasteiger partial charge in [0, 0.05) is 17.6 Å². The Kier molecular flexibility index (Phi) is 6.18. The Morgan fingerprint density at radius 1 is 1.03 bits per heavy atom. The monoisotopic (exact) mass is 433 g/mol. The van der Waals surface area contributed by atoms with E-state index < -0.39 is 5.92 Å². The van der Waals surface area contributed by atoms with Gasteiger partial charge in [-0.3, -0.25) is 9.79 Å². The van der Waals surface area contributed by atoms with Crippen molar-refractivity contribution in [3.05, 3.63) is 77.9 Å². The van der Waals surface area contributed by atoms with Crippen LogP contribution in [0.4, 0.5) is 15.8 Å². The van der Waals surface area contributed by atoms with Crippen LogP contribution in [0.15, 0.2) is 75.9 Å². The van der Waals surface area contributed by atoms with Crippen LogP contribution >= 0.6 is 11.8 Å². The molecule has 0 aliphatic carbocycles. The third-order valence-electron chi connectivity index (χ3n) is 4.69. The molecule has 4 rings (SSSR count). The van der Waals surface area contributed by atoms with E-state index in [0.717, 1.165) is 22.7 Å². The summed E-state index contributed by atoms with van der Waals surface area (Å²) in [7, 11) is 0. The Morgan fingerprint density at radius 3 is 2.45 bits per heavy atom. The summed E-state index contributed by atoms with van der Waals surface area (Å²) in [6, 6.07) is 15.4. The van der Waals surface area contributed by atoms with E-state index in [9.17, 15) is 9.18 Å². The summed E-state index contributed by atoms with van der Waals surface area (Å²) in [6.07, 6.45) is 1.67. The number of carbonyl (C=O) groups is 1. The number of aromatic nitrogens is 2. The van der Waals surface area contributed by atoms with Crippen molar-refractivity contribution in [1.82, 2.24) is 15.3 Å². The van der Waals surface area contributed by atoms with Crippen LogP contribution in [0.2, 0.25) is 0 Å². The molecule has 1 atom stereocenters. The zero-order chi connectivity index (χ0) is 21.8. The van der Waals surface area contributed by atoms with E-state index in [4.69, 9.17) is 9.98 Å². The number of carbonyl (C=O) groups excluding carboxylic acids is 1. The van der Waals surface area contributed by atoms with Gasteiger partial charge in [-0.25, -0.2) is 19.4 Å². The van der Waals surface area contributed by atoms with Gasteiger partial charge in [0.25, 0.3) is 0 Å². The molecule has 6 nitrogen and oxygen atoms in total. The van der Waals surface area contributed by atoms with E-state index >= 15 is 0 Å². The quantitative estimate of drug-likeness (QED) is 0.476. The van der Waals surface area contributed by atoms with E-state index in [1.54, 1.807) is 24.4 Å². The van der Waals surface area contributed by atoms with Crippen molar-refractivity contribution >= 4 is 40.6 Å². The average Bonchev–Trinajstić information content (AvgIpc) is 2.88. The van der Waals surface area contributed by atoms with E-state index in [1.807, 2.05) is 38.1 Å². The zero-order valence-electron chi connectivity index (χ0n) is 17.0. The predicted molar refractivity (Wildman–Crippen MR) is 121 cm³/mol. The number of hydrogen-bond donors (Lipinski definition) is 1. The van der Waals surface area contributed by atoms with Gasteiger partial charge in [-0.2, -0.15) is 0 Å². The molecular weight excluding hydrogens is 413 g/mol. The van der Waals surface area contributed by atoms with Gasteiger partial charge in [0.1, 0.15) is 11.7 Å². The van der Waals surface area contributed by atoms with Crippen molar-refractivity contribution in [3.63, 3.8) is 0 Å². The first kappa shape index (κ1) is 20.9. The lowest BCUT2D eigenvalue weighted by molar-refractivity contribution is -0.117. The number of amides is 1. The molecule has 0 fully saturated rings. The maximum atomic E-state index is 13.5. The third kappa shape index (κ3) is 5.03. The summed E-state index contributed by atoms with van der Waals surface area (Å²) >= 11 is 1.25. The van der Waals surface area contributed by atoms with E-state index in [-0.39, 0.29) is 17.5 Å². The van der Waals surface area contributed by atoms with Crippen molar-refractivity contribution in [1.29, 1.82) is 0 Å². The average molecular weight is 434 g/mol. The SMILES string of the molecule is CC1=Nc2ccccc2N=C(NC(=O)CSc2nccc(C)n2)C1c1ccc(F)cc1. The second-order valence-electron chi connectivity index (χ2n) is 7.04. The minimum absolute atomic E-state index is 0.135. The second-order valence-corrected chi connectivity index (χ2v) is 7.98. The van der Waals surface area contributed by atoms with E-state index in [1.165, 1.54) is 23.9 Å². The first-order chi connectivity index (χ1) is 15.0. The van der Waals surface area contributed by atoms with Gasteiger partial charge in [0.15, 0.2) is 5.16 Å². The highest BCUT2D eigenvalue weighted by atomic mass is 32.2. The molecule has 0 saturated heterocycles. The maximum absolute atomic E-state index is 13.5. The van der Waals surface area contributed by atoms with E-state index in [0.29, 0.717) is 16.7 Å². The van der Waals surface area contributed by atoms with Crippen molar-refractivity contribution in [2.24, 2.45) is 9.98 Å². The first-order valence-corrected chi connectivity index (χ1v) is 10.7. The van der Waals surface area contributed by atoms with E-state index in [2.05, 4.69) is 15.3 Å². The fourth-order valence-electron chi connectivity index (χ4n) is 3.26. The third-order valence-corrected chi connectivity index (χ3v) is 5.55. The molecule has 1 N–H and O–H groups in total. The first-order valence-electron chi connectivity index (χ1n) is 9.70. The van der Waals surface area contributed by atoms with Crippen LogP contribution in [0.3, 0.4) is 0 Å². The van der Waals surface area contributed by atoms with Crippen molar-refractivity contribution in [2.75, 3.05) is 5.75 Å². The number of fused-ring (bicyclic) bond motifs is 1. The number of benzene rings is 2. The molecular formula is C23H20FN5OS. The number of nitrogens with one attached hydrogen (secondary N) is 1. The molecule has 8 heteroatoms. The van der Waals surface area contributed by atoms with Crippen LogP contribution in [-0.4, -0.2) is 33.2 Å². The molecule has 2 heterocycles. The number of halogens is 1. The van der Waals surface area contributed by atoms with Gasteiger partial charge in [-0.15, -0.1) is 0 Å². The molecule has 156 valence electrons. The second kappa shape index (κ2) is 9.18. The highest BCUT2D eigenvalue weighted by Gasteiger charge is 2.26. The minimum Gasteiger partial charge on any atom is -0.313 e. The van der Waals surface area contributed by atoms with Crippen LogP contribution in [-0.2, 0) is 4.79 Å². The fourth-order valence-corrected chi connectivity index (χ4v) is 3.94. The van der Waals surface area contributed by atoms with Gasteiger partial charge < -0.3 is 5.32 Å². The lowest BCUT2D eigenvalue weighted by Crippen LogP contribution is -2.38. The summed E-state index contributed by atoms with van der Waals surface area (Å²) in [5.74, 6) is -0.373. The van der Waals surface area contributed by atoms with Gasteiger partial charge in [0.05, 0.1) is 23.0 Å². The summed E-state index contributed by atoms with van der Waals surface area (Å²) in [4.78, 5) is 30.7. The topological polar surface area (TPSA) is 79.6 Å². The molecule has 1 aliphatic heterocycles.